The molecule has 0 saturated carbocycles. The van der Waals surface area contributed by atoms with Crippen molar-refractivity contribution >= 4 is 12.9 Å². The zero-order valence-corrected chi connectivity index (χ0v) is 11.5. The van der Waals surface area contributed by atoms with Gasteiger partial charge >= 0.3 is 19.9 Å². The van der Waals surface area contributed by atoms with Gasteiger partial charge in [0.1, 0.15) is 0 Å². The molecule has 120 valence electrons. The lowest BCUT2D eigenvalue weighted by Crippen LogP contribution is -2.25. The van der Waals surface area contributed by atoms with E-state index in [-0.39, 0.29) is 5.56 Å². The van der Waals surface area contributed by atoms with Crippen molar-refractivity contribution in [1.29, 1.82) is 0 Å². The van der Waals surface area contributed by atoms with Gasteiger partial charge in [0.25, 0.3) is 0 Å². The molecule has 1 rings (SSSR count). The summed E-state index contributed by atoms with van der Waals surface area (Å²) in [5.41, 5.74) is -1.86. The second-order valence-corrected chi connectivity index (χ2v) is 6.06. The number of halogens is 6. The summed E-state index contributed by atoms with van der Waals surface area (Å²) in [6.07, 6.45) is -13.2. The summed E-state index contributed by atoms with van der Waals surface area (Å²) < 4.78 is 86.2. The molecule has 0 radical (unpaired) electrons. The molecule has 0 heterocycles. The van der Waals surface area contributed by atoms with Crippen LogP contribution in [0.4, 0.5) is 26.3 Å². The Morgan fingerprint density at radius 2 is 1.38 bits per heavy atom. The van der Waals surface area contributed by atoms with Crippen molar-refractivity contribution in [1.82, 2.24) is 0 Å². The standard InChI is InChI=1S/C11H11F6O3P/c1-6-2-3-9(21(18,19)20)8(5-11(15,16)17)7(6)4-10(12,13)14/h2-3H,4-5H2,1H3,(H2,18,19,20). The zero-order chi connectivity index (χ0) is 16.6. The monoisotopic (exact) mass is 336 g/mol. The minimum absolute atomic E-state index is 0.108. The van der Waals surface area contributed by atoms with Crippen LogP contribution >= 0.6 is 7.60 Å². The van der Waals surface area contributed by atoms with E-state index in [0.717, 1.165) is 19.1 Å². The van der Waals surface area contributed by atoms with E-state index in [1.165, 1.54) is 0 Å². The Labute approximate surface area is 115 Å². The maximum atomic E-state index is 12.5. The molecule has 0 amide bonds. The first-order valence-corrected chi connectivity index (χ1v) is 7.13. The minimum atomic E-state index is -5.12. The van der Waals surface area contributed by atoms with Crippen LogP contribution in [0.1, 0.15) is 16.7 Å². The maximum Gasteiger partial charge on any atom is 0.393 e. The van der Waals surface area contributed by atoms with E-state index >= 15 is 0 Å². The molecule has 2 N–H and O–H groups in total. The Morgan fingerprint density at radius 1 is 0.952 bits per heavy atom. The highest BCUT2D eigenvalue weighted by Gasteiger charge is 2.37. The van der Waals surface area contributed by atoms with E-state index in [2.05, 4.69) is 0 Å². The van der Waals surface area contributed by atoms with Crippen LogP contribution < -0.4 is 5.30 Å². The van der Waals surface area contributed by atoms with Gasteiger partial charge < -0.3 is 9.79 Å². The molecule has 10 heteroatoms. The summed E-state index contributed by atoms with van der Waals surface area (Å²) in [5.74, 6) is 0. The number of aryl methyl sites for hydroxylation is 1. The van der Waals surface area contributed by atoms with Crippen LogP contribution in [-0.2, 0) is 17.4 Å². The minimum Gasteiger partial charge on any atom is -0.321 e. The van der Waals surface area contributed by atoms with Gasteiger partial charge in [-0.1, -0.05) is 6.07 Å². The van der Waals surface area contributed by atoms with Crippen LogP contribution in [0, 0.1) is 6.92 Å². The fourth-order valence-electron chi connectivity index (χ4n) is 1.91. The van der Waals surface area contributed by atoms with Gasteiger partial charge in [-0.2, -0.15) is 26.3 Å². The first-order valence-electron chi connectivity index (χ1n) is 5.51. The van der Waals surface area contributed by atoms with Crippen molar-refractivity contribution < 1.29 is 40.7 Å². The topological polar surface area (TPSA) is 57.5 Å². The number of hydrogen-bond donors (Lipinski definition) is 2. The first-order chi connectivity index (χ1) is 9.21. The van der Waals surface area contributed by atoms with Gasteiger partial charge in [-0.15, -0.1) is 0 Å². The van der Waals surface area contributed by atoms with Crippen molar-refractivity contribution in [2.75, 3.05) is 0 Å². The summed E-state index contributed by atoms with van der Waals surface area (Å²) in [4.78, 5) is 18.1. The fourth-order valence-corrected chi connectivity index (χ4v) is 2.75. The van der Waals surface area contributed by atoms with Crippen LogP contribution in [0.2, 0.25) is 0 Å². The van der Waals surface area contributed by atoms with Gasteiger partial charge in [0, 0.05) is 0 Å². The lowest BCUT2D eigenvalue weighted by molar-refractivity contribution is -0.132. The number of rotatable bonds is 3. The number of alkyl halides is 6. The molecule has 3 nitrogen and oxygen atoms in total. The Morgan fingerprint density at radius 3 is 1.76 bits per heavy atom. The van der Waals surface area contributed by atoms with E-state index in [1.807, 2.05) is 0 Å². The van der Waals surface area contributed by atoms with Crippen LogP contribution in [0.5, 0.6) is 0 Å². The Kier molecular flexibility index (Phi) is 4.82. The summed E-state index contributed by atoms with van der Waals surface area (Å²) in [6.45, 7) is 1.16. The normalized spacial score (nSPS) is 13.6. The third-order valence-electron chi connectivity index (χ3n) is 2.71. The molecule has 0 spiro atoms. The zero-order valence-electron chi connectivity index (χ0n) is 10.6. The molecule has 0 aliphatic carbocycles. The molecule has 1 aromatic carbocycles. The second kappa shape index (κ2) is 5.62. The molecular formula is C11H11F6O3P. The van der Waals surface area contributed by atoms with Gasteiger partial charge in [0.15, 0.2) is 0 Å². The predicted molar refractivity (Wildman–Crippen MR) is 62.4 cm³/mol. The predicted octanol–water partition coefficient (Wildman–Crippen LogP) is 3.01. The molecule has 21 heavy (non-hydrogen) atoms. The van der Waals surface area contributed by atoms with Gasteiger partial charge in [-0.25, -0.2) is 0 Å². The van der Waals surface area contributed by atoms with Crippen molar-refractivity contribution in [3.8, 4) is 0 Å². The average Bonchev–Trinajstić information content (AvgIpc) is 2.17. The maximum absolute atomic E-state index is 12.5. The third kappa shape index (κ3) is 5.33. The molecule has 0 aliphatic heterocycles. The van der Waals surface area contributed by atoms with E-state index < -0.39 is 49.2 Å². The highest BCUT2D eigenvalue weighted by atomic mass is 31.2. The van der Waals surface area contributed by atoms with Crippen LogP contribution in [0.3, 0.4) is 0 Å². The highest BCUT2D eigenvalue weighted by molar-refractivity contribution is 7.60. The number of hydrogen-bond acceptors (Lipinski definition) is 1. The van der Waals surface area contributed by atoms with Crippen molar-refractivity contribution in [3.05, 3.63) is 28.8 Å². The molecule has 1 aromatic rings. The average molecular weight is 336 g/mol. The van der Waals surface area contributed by atoms with Gasteiger partial charge in [-0.05, 0) is 29.7 Å². The molecule has 0 bridgehead atoms. The Hall–Kier alpha value is -1.05. The largest absolute Gasteiger partial charge is 0.393 e. The fraction of sp³-hybridized carbons (Fsp3) is 0.455. The molecule has 0 unspecified atom stereocenters. The number of benzene rings is 1. The SMILES string of the molecule is Cc1ccc(P(=O)(O)O)c(CC(F)(F)F)c1CC(F)(F)F. The quantitative estimate of drug-likeness (QED) is 0.659. The van der Waals surface area contributed by atoms with E-state index in [4.69, 9.17) is 9.79 Å². The van der Waals surface area contributed by atoms with E-state index in [9.17, 15) is 30.9 Å². The van der Waals surface area contributed by atoms with Gasteiger partial charge in [-0.3, -0.25) is 4.57 Å². The van der Waals surface area contributed by atoms with E-state index in [1.54, 1.807) is 0 Å². The summed E-state index contributed by atoms with van der Waals surface area (Å²) in [7, 11) is -5.12. The highest BCUT2D eigenvalue weighted by Crippen LogP contribution is 2.39. The van der Waals surface area contributed by atoms with Crippen LogP contribution in [0.25, 0.3) is 0 Å². The molecule has 0 fully saturated rings. The molecule has 0 aromatic heterocycles. The van der Waals surface area contributed by atoms with E-state index in [0.29, 0.717) is 0 Å². The summed E-state index contributed by atoms with van der Waals surface area (Å²) in [6, 6.07) is 1.70. The summed E-state index contributed by atoms with van der Waals surface area (Å²) in [5, 5.41) is -1.02. The third-order valence-corrected chi connectivity index (χ3v) is 3.76. The molecular weight excluding hydrogens is 325 g/mol. The van der Waals surface area contributed by atoms with Crippen molar-refractivity contribution in [3.63, 3.8) is 0 Å². The Bertz CT molecular complexity index is 573. The van der Waals surface area contributed by atoms with Gasteiger partial charge in [0.05, 0.1) is 18.1 Å². The lowest BCUT2D eigenvalue weighted by Gasteiger charge is -2.20. The van der Waals surface area contributed by atoms with Crippen molar-refractivity contribution in [2.24, 2.45) is 0 Å². The molecule has 0 aliphatic rings. The second-order valence-electron chi connectivity index (χ2n) is 4.49. The summed E-state index contributed by atoms with van der Waals surface area (Å²) >= 11 is 0. The van der Waals surface area contributed by atoms with Crippen molar-refractivity contribution in [2.45, 2.75) is 32.1 Å². The van der Waals surface area contributed by atoms with Gasteiger partial charge in [0.2, 0.25) is 0 Å². The smallest absolute Gasteiger partial charge is 0.321 e. The molecule has 0 atom stereocenters. The first kappa shape index (κ1) is 18.0. The molecule has 0 saturated heterocycles. The lowest BCUT2D eigenvalue weighted by atomic mass is 9.96. The van der Waals surface area contributed by atoms with Crippen LogP contribution in [0.15, 0.2) is 12.1 Å². The Balaban J connectivity index is 3.56. The van der Waals surface area contributed by atoms with Crippen LogP contribution in [-0.4, -0.2) is 22.1 Å².